The number of hydrogen-bond acceptors (Lipinski definition) is 4. The van der Waals surface area contributed by atoms with Crippen molar-refractivity contribution in [1.82, 2.24) is 10.6 Å². The summed E-state index contributed by atoms with van der Waals surface area (Å²) in [6.45, 7) is 3.32. The van der Waals surface area contributed by atoms with Gasteiger partial charge in [-0.1, -0.05) is 34.8 Å². The first-order valence-corrected chi connectivity index (χ1v) is 8.36. The zero-order chi connectivity index (χ0) is 18.3. The van der Waals surface area contributed by atoms with E-state index in [1.807, 2.05) is 0 Å². The van der Waals surface area contributed by atoms with Crippen LogP contribution in [0, 0.1) is 0 Å². The second-order valence-electron chi connectivity index (χ2n) is 4.57. The molecule has 0 aromatic heterocycles. The molecular weight excluding hydrogens is 397 g/mol. The van der Waals surface area contributed by atoms with E-state index < -0.39 is 15.9 Å². The van der Waals surface area contributed by atoms with Crippen LogP contribution in [0.4, 0.5) is 5.69 Å². The fourth-order valence-electron chi connectivity index (χ4n) is 1.61. The van der Waals surface area contributed by atoms with Crippen molar-refractivity contribution in [1.29, 1.82) is 0 Å². The number of ether oxygens (including phenoxy) is 1. The Morgan fingerprint density at radius 1 is 1.21 bits per heavy atom. The Balaban J connectivity index is 2.69. The average molecular weight is 413 g/mol. The van der Waals surface area contributed by atoms with Crippen LogP contribution >= 0.6 is 47.0 Å². The highest BCUT2D eigenvalue weighted by atomic mass is 35.6. The molecule has 0 saturated heterocycles. The van der Waals surface area contributed by atoms with Gasteiger partial charge in [0.05, 0.1) is 12.2 Å². The van der Waals surface area contributed by atoms with Gasteiger partial charge in [0.15, 0.2) is 5.11 Å². The first-order chi connectivity index (χ1) is 11.1. The summed E-state index contributed by atoms with van der Waals surface area (Å²) in [4.78, 5) is 22.7. The molecule has 6 nitrogen and oxygen atoms in total. The molecule has 0 aliphatic heterocycles. The Hall–Kier alpha value is -1.28. The molecule has 0 spiro atoms. The van der Waals surface area contributed by atoms with E-state index in [-0.39, 0.29) is 11.0 Å². The number of rotatable bonds is 5. The largest absolute Gasteiger partial charge is 0.462 e. The van der Waals surface area contributed by atoms with Crippen molar-refractivity contribution in [2.24, 2.45) is 0 Å². The van der Waals surface area contributed by atoms with Gasteiger partial charge in [-0.3, -0.25) is 4.79 Å². The van der Waals surface area contributed by atoms with Gasteiger partial charge in [0.1, 0.15) is 6.17 Å². The second-order valence-corrected chi connectivity index (χ2v) is 7.35. The number of thiocarbonyl (C=S) groups is 1. The highest BCUT2D eigenvalue weighted by molar-refractivity contribution is 7.80. The van der Waals surface area contributed by atoms with Crippen molar-refractivity contribution >= 4 is 69.7 Å². The molecule has 1 aromatic rings. The van der Waals surface area contributed by atoms with Gasteiger partial charge in [-0.2, -0.15) is 0 Å². The predicted molar refractivity (Wildman–Crippen MR) is 99.6 cm³/mol. The summed E-state index contributed by atoms with van der Waals surface area (Å²) in [5.74, 6) is -0.799. The minimum atomic E-state index is -1.80. The molecule has 0 aliphatic rings. The summed E-state index contributed by atoms with van der Waals surface area (Å²) < 4.78 is 3.09. The quantitative estimate of drug-likeness (QED) is 0.299. The molecule has 0 radical (unpaired) electrons. The maximum Gasteiger partial charge on any atom is 0.338 e. The number of hydrogen-bond donors (Lipinski definition) is 3. The average Bonchev–Trinajstić information content (AvgIpc) is 2.46. The Morgan fingerprint density at radius 2 is 1.79 bits per heavy atom. The third-order valence-electron chi connectivity index (χ3n) is 2.60. The number of carbonyl (C=O) groups is 2. The lowest BCUT2D eigenvalue weighted by Crippen LogP contribution is -2.55. The monoisotopic (exact) mass is 411 g/mol. The van der Waals surface area contributed by atoms with Crippen molar-refractivity contribution in [3.63, 3.8) is 0 Å². The lowest BCUT2D eigenvalue weighted by atomic mass is 10.2. The van der Waals surface area contributed by atoms with Crippen molar-refractivity contribution in [3.05, 3.63) is 29.8 Å². The Kier molecular flexibility index (Phi) is 8.02. The molecule has 0 saturated carbocycles. The smallest absolute Gasteiger partial charge is 0.338 e. The van der Waals surface area contributed by atoms with E-state index in [9.17, 15) is 9.59 Å². The third-order valence-corrected chi connectivity index (χ3v) is 3.48. The molecule has 1 atom stereocenters. The van der Waals surface area contributed by atoms with Crippen LogP contribution < -0.4 is 16.0 Å². The molecule has 0 aliphatic carbocycles. The van der Waals surface area contributed by atoms with E-state index in [2.05, 4.69) is 16.0 Å². The molecule has 1 rings (SSSR count). The van der Waals surface area contributed by atoms with Gasteiger partial charge in [-0.25, -0.2) is 4.79 Å². The predicted octanol–water partition coefficient (Wildman–Crippen LogP) is 2.98. The molecule has 0 heterocycles. The molecule has 1 aromatic carbocycles. The number of halogens is 3. The third kappa shape index (κ3) is 7.09. The van der Waals surface area contributed by atoms with E-state index in [0.29, 0.717) is 17.9 Å². The van der Waals surface area contributed by atoms with E-state index in [1.165, 1.54) is 6.92 Å². The van der Waals surface area contributed by atoms with Crippen LogP contribution in [-0.2, 0) is 9.53 Å². The fraction of sp³-hybridized carbons (Fsp3) is 0.357. The number of amides is 1. The van der Waals surface area contributed by atoms with Crippen LogP contribution in [0.3, 0.4) is 0 Å². The summed E-state index contributed by atoms with van der Waals surface area (Å²) in [5.41, 5.74) is 1.02. The Morgan fingerprint density at radius 3 is 2.25 bits per heavy atom. The van der Waals surface area contributed by atoms with Gasteiger partial charge in [-0.05, 0) is 43.4 Å². The first kappa shape index (κ1) is 20.8. The van der Waals surface area contributed by atoms with Gasteiger partial charge in [0.2, 0.25) is 9.70 Å². The van der Waals surface area contributed by atoms with Crippen LogP contribution in [0.25, 0.3) is 0 Å². The lowest BCUT2D eigenvalue weighted by molar-refractivity contribution is -0.119. The van der Waals surface area contributed by atoms with Crippen LogP contribution in [0.5, 0.6) is 0 Å². The van der Waals surface area contributed by atoms with E-state index >= 15 is 0 Å². The maximum atomic E-state index is 11.6. The van der Waals surface area contributed by atoms with Crippen LogP contribution in [-0.4, -0.2) is 33.6 Å². The second kappa shape index (κ2) is 9.27. The van der Waals surface area contributed by atoms with E-state index in [0.717, 1.165) is 0 Å². The number of alkyl halides is 3. The molecule has 0 fully saturated rings. The first-order valence-electron chi connectivity index (χ1n) is 6.82. The summed E-state index contributed by atoms with van der Waals surface area (Å²) >= 11 is 22.5. The van der Waals surface area contributed by atoms with Gasteiger partial charge in [0, 0.05) is 12.6 Å². The minimum Gasteiger partial charge on any atom is -0.462 e. The molecular formula is C14H16Cl3N3O3S. The molecule has 1 amide bonds. The van der Waals surface area contributed by atoms with Gasteiger partial charge in [0.25, 0.3) is 0 Å². The normalized spacial score (nSPS) is 12.0. The zero-order valence-electron chi connectivity index (χ0n) is 12.9. The Labute approximate surface area is 160 Å². The summed E-state index contributed by atoms with van der Waals surface area (Å²) in [6.07, 6.45) is -1.01. The summed E-state index contributed by atoms with van der Waals surface area (Å²) in [6, 6.07) is 6.46. The number of benzene rings is 1. The van der Waals surface area contributed by atoms with Crippen molar-refractivity contribution in [2.45, 2.75) is 23.8 Å². The van der Waals surface area contributed by atoms with Crippen LogP contribution in [0.1, 0.15) is 24.2 Å². The molecule has 3 N–H and O–H groups in total. The van der Waals surface area contributed by atoms with Gasteiger partial charge >= 0.3 is 5.97 Å². The maximum absolute atomic E-state index is 11.6. The summed E-state index contributed by atoms with van der Waals surface area (Å²) in [7, 11) is 0. The van der Waals surface area contributed by atoms with Crippen molar-refractivity contribution in [2.75, 3.05) is 11.9 Å². The Bertz CT molecular complexity index is 606. The van der Waals surface area contributed by atoms with Crippen LogP contribution in [0.2, 0.25) is 0 Å². The number of nitrogens with one attached hydrogen (secondary N) is 3. The number of esters is 1. The minimum absolute atomic E-state index is 0.129. The molecule has 132 valence electrons. The zero-order valence-corrected chi connectivity index (χ0v) is 15.9. The molecule has 10 heteroatoms. The topological polar surface area (TPSA) is 79.5 Å². The highest BCUT2D eigenvalue weighted by Crippen LogP contribution is 2.29. The number of carbonyl (C=O) groups excluding carboxylic acids is 2. The fourth-order valence-corrected chi connectivity index (χ4v) is 2.17. The molecule has 0 bridgehead atoms. The van der Waals surface area contributed by atoms with E-state index in [4.69, 9.17) is 51.8 Å². The van der Waals surface area contributed by atoms with E-state index in [1.54, 1.807) is 31.2 Å². The lowest BCUT2D eigenvalue weighted by Gasteiger charge is -2.27. The molecule has 24 heavy (non-hydrogen) atoms. The van der Waals surface area contributed by atoms with Gasteiger partial charge in [-0.15, -0.1) is 0 Å². The highest BCUT2D eigenvalue weighted by Gasteiger charge is 2.33. The van der Waals surface area contributed by atoms with Crippen molar-refractivity contribution in [3.8, 4) is 0 Å². The van der Waals surface area contributed by atoms with Gasteiger partial charge < -0.3 is 20.7 Å². The number of anilines is 1. The SMILES string of the molecule is CCOC(=O)c1ccc(NC(=S)N[C@@H](NC(C)=O)C(Cl)(Cl)Cl)cc1. The van der Waals surface area contributed by atoms with Crippen LogP contribution in [0.15, 0.2) is 24.3 Å². The standard InChI is InChI=1S/C14H16Cl3N3O3S/c1-3-23-11(22)9-4-6-10(7-5-9)19-13(24)20-12(14(15,16)17)18-8(2)21/h4-7,12H,3H2,1-2H3,(H,18,21)(H2,19,20,24)/t12-/m1/s1. The summed E-state index contributed by atoms with van der Waals surface area (Å²) in [5, 5.41) is 8.12. The molecule has 0 unspecified atom stereocenters. The van der Waals surface area contributed by atoms with Crippen molar-refractivity contribution < 1.29 is 14.3 Å².